The summed E-state index contributed by atoms with van der Waals surface area (Å²) >= 11 is 0. The van der Waals surface area contributed by atoms with Crippen molar-refractivity contribution < 1.29 is 14.7 Å². The number of benzene rings is 1. The zero-order valence-electron chi connectivity index (χ0n) is 8.02. The molecular weight excluding hydrogens is 208 g/mol. The van der Waals surface area contributed by atoms with E-state index < -0.39 is 5.97 Å². The number of fused-ring (bicyclic) bond motifs is 1. The van der Waals surface area contributed by atoms with Crippen LogP contribution >= 0.6 is 0 Å². The highest BCUT2D eigenvalue weighted by atomic mass is 16.4. The third-order valence-electron chi connectivity index (χ3n) is 2.29. The lowest BCUT2D eigenvalue weighted by Crippen LogP contribution is -1.99. The minimum absolute atomic E-state index is 0.0117. The first-order valence-corrected chi connectivity index (χ1v) is 4.41. The number of aromatic carboxylic acids is 1. The smallest absolute Gasteiger partial charge is 0.338 e. The fraction of sp³-hybridized carbons (Fsp3) is 0. The van der Waals surface area contributed by atoms with Crippen LogP contribution in [0.2, 0.25) is 0 Å². The van der Waals surface area contributed by atoms with Gasteiger partial charge in [-0.25, -0.2) is 4.79 Å². The maximum absolute atomic E-state index is 11.0. The summed E-state index contributed by atoms with van der Waals surface area (Å²) in [5.41, 5.74) is 0.828. The summed E-state index contributed by atoms with van der Waals surface area (Å²) in [6.45, 7) is 0. The number of aromatic amines is 1. The summed E-state index contributed by atoms with van der Waals surface area (Å²) in [6, 6.07) is 6.47. The Morgan fingerprint density at radius 1 is 1.50 bits per heavy atom. The lowest BCUT2D eigenvalue weighted by molar-refractivity contribution is 0.0696. The number of carboxylic acids is 1. The molecule has 0 saturated heterocycles. The molecule has 0 spiro atoms. The molecule has 5 nitrogen and oxygen atoms in total. The standard InChI is InChI=1S/C11H6N2O3/c12-4-6-1-2-7-8(3-6)13-9(5-14)10(7)11(15)16/h1-3,5,13H,(H,15,16). The molecule has 1 aromatic heterocycles. The van der Waals surface area contributed by atoms with Gasteiger partial charge in [0.15, 0.2) is 6.29 Å². The fourth-order valence-electron chi connectivity index (χ4n) is 1.61. The first-order valence-electron chi connectivity index (χ1n) is 4.41. The van der Waals surface area contributed by atoms with Crippen molar-refractivity contribution in [2.24, 2.45) is 0 Å². The summed E-state index contributed by atoms with van der Waals surface area (Å²) in [5.74, 6) is -1.17. The number of hydrogen-bond donors (Lipinski definition) is 2. The van der Waals surface area contributed by atoms with Gasteiger partial charge >= 0.3 is 5.97 Å². The molecule has 0 aliphatic heterocycles. The molecule has 2 rings (SSSR count). The Hall–Kier alpha value is -2.61. The van der Waals surface area contributed by atoms with Gasteiger partial charge in [0.1, 0.15) is 0 Å². The molecule has 0 fully saturated rings. The number of aromatic nitrogens is 1. The zero-order valence-corrected chi connectivity index (χ0v) is 8.02. The maximum atomic E-state index is 11.0. The van der Waals surface area contributed by atoms with Crippen molar-refractivity contribution in [2.75, 3.05) is 0 Å². The molecule has 1 aromatic carbocycles. The molecule has 0 saturated carbocycles. The van der Waals surface area contributed by atoms with Gasteiger partial charge in [0, 0.05) is 10.9 Å². The normalized spacial score (nSPS) is 9.94. The van der Waals surface area contributed by atoms with E-state index in [9.17, 15) is 9.59 Å². The molecule has 0 atom stereocenters. The van der Waals surface area contributed by atoms with Crippen LogP contribution in [0.1, 0.15) is 26.4 Å². The van der Waals surface area contributed by atoms with Gasteiger partial charge in [-0.05, 0) is 12.1 Å². The van der Waals surface area contributed by atoms with Crippen LogP contribution in [-0.2, 0) is 0 Å². The predicted octanol–water partition coefficient (Wildman–Crippen LogP) is 1.55. The first-order chi connectivity index (χ1) is 7.67. The number of rotatable bonds is 2. The van der Waals surface area contributed by atoms with Crippen LogP contribution in [0.4, 0.5) is 0 Å². The summed E-state index contributed by atoms with van der Waals surface area (Å²) < 4.78 is 0. The van der Waals surface area contributed by atoms with Crippen molar-refractivity contribution >= 4 is 23.2 Å². The van der Waals surface area contributed by atoms with Crippen LogP contribution < -0.4 is 0 Å². The minimum atomic E-state index is -1.17. The number of hydrogen-bond acceptors (Lipinski definition) is 3. The van der Waals surface area contributed by atoms with E-state index in [0.717, 1.165) is 0 Å². The summed E-state index contributed by atoms with van der Waals surface area (Å²) in [4.78, 5) is 24.3. The van der Waals surface area contributed by atoms with Gasteiger partial charge in [0.05, 0.1) is 22.9 Å². The van der Waals surface area contributed by atoms with Gasteiger partial charge in [-0.15, -0.1) is 0 Å². The molecule has 16 heavy (non-hydrogen) atoms. The Kier molecular flexibility index (Phi) is 2.18. The monoisotopic (exact) mass is 214 g/mol. The highest BCUT2D eigenvalue weighted by molar-refractivity contribution is 6.09. The van der Waals surface area contributed by atoms with Crippen molar-refractivity contribution in [2.45, 2.75) is 0 Å². The number of carbonyl (C=O) groups is 2. The second-order valence-corrected chi connectivity index (χ2v) is 3.21. The van der Waals surface area contributed by atoms with Crippen LogP contribution in [0.3, 0.4) is 0 Å². The van der Waals surface area contributed by atoms with Crippen molar-refractivity contribution in [1.82, 2.24) is 4.98 Å². The SMILES string of the molecule is N#Cc1ccc2c(C(=O)O)c(C=O)[nH]c2c1. The van der Waals surface area contributed by atoms with Gasteiger partial charge < -0.3 is 10.1 Å². The number of nitrogens with one attached hydrogen (secondary N) is 1. The highest BCUT2D eigenvalue weighted by Crippen LogP contribution is 2.22. The van der Waals surface area contributed by atoms with E-state index >= 15 is 0 Å². The van der Waals surface area contributed by atoms with Crippen molar-refractivity contribution in [3.8, 4) is 6.07 Å². The van der Waals surface area contributed by atoms with E-state index in [1.807, 2.05) is 6.07 Å². The quantitative estimate of drug-likeness (QED) is 0.741. The average Bonchev–Trinajstić information content (AvgIpc) is 2.65. The minimum Gasteiger partial charge on any atom is -0.478 e. The molecule has 1 heterocycles. The number of nitriles is 1. The first kappa shape index (κ1) is 9.93. The van der Waals surface area contributed by atoms with Crippen LogP contribution in [-0.4, -0.2) is 22.3 Å². The Morgan fingerprint density at radius 3 is 2.81 bits per heavy atom. The molecule has 0 aliphatic carbocycles. The molecule has 2 N–H and O–H groups in total. The van der Waals surface area contributed by atoms with Gasteiger partial charge in [0.2, 0.25) is 0 Å². The lowest BCUT2D eigenvalue weighted by Gasteiger charge is -1.92. The average molecular weight is 214 g/mol. The number of nitrogens with zero attached hydrogens (tertiary/aromatic N) is 1. The van der Waals surface area contributed by atoms with Gasteiger partial charge in [0.25, 0.3) is 0 Å². The molecule has 0 radical (unpaired) electrons. The third-order valence-corrected chi connectivity index (χ3v) is 2.29. The van der Waals surface area contributed by atoms with E-state index in [1.54, 1.807) is 0 Å². The van der Waals surface area contributed by atoms with Crippen molar-refractivity contribution in [1.29, 1.82) is 5.26 Å². The van der Waals surface area contributed by atoms with Crippen LogP contribution in [0.25, 0.3) is 10.9 Å². The van der Waals surface area contributed by atoms with Crippen molar-refractivity contribution in [3.05, 3.63) is 35.0 Å². The van der Waals surface area contributed by atoms with E-state index in [0.29, 0.717) is 22.8 Å². The summed E-state index contributed by atoms with van der Waals surface area (Å²) in [7, 11) is 0. The molecule has 0 unspecified atom stereocenters. The molecule has 2 aromatic rings. The highest BCUT2D eigenvalue weighted by Gasteiger charge is 2.17. The van der Waals surface area contributed by atoms with Gasteiger partial charge in [-0.2, -0.15) is 5.26 Å². The molecule has 0 bridgehead atoms. The predicted molar refractivity (Wildman–Crippen MR) is 55.4 cm³/mol. The Labute approximate surface area is 89.9 Å². The van der Waals surface area contributed by atoms with Crippen LogP contribution in [0, 0.1) is 11.3 Å². The zero-order chi connectivity index (χ0) is 11.7. The van der Waals surface area contributed by atoms with Crippen molar-refractivity contribution in [3.63, 3.8) is 0 Å². The number of carboxylic acid groups (broad SMARTS) is 1. The molecule has 0 aliphatic rings. The van der Waals surface area contributed by atoms with Gasteiger partial charge in [-0.1, -0.05) is 6.07 Å². The number of H-pyrrole nitrogens is 1. The number of carbonyl (C=O) groups excluding carboxylic acids is 1. The van der Waals surface area contributed by atoms with Crippen LogP contribution in [0.15, 0.2) is 18.2 Å². The van der Waals surface area contributed by atoms with Crippen LogP contribution in [0.5, 0.6) is 0 Å². The second kappa shape index (κ2) is 3.51. The van der Waals surface area contributed by atoms with E-state index in [2.05, 4.69) is 4.98 Å². The van der Waals surface area contributed by atoms with E-state index in [4.69, 9.17) is 10.4 Å². The number of aldehydes is 1. The summed E-state index contributed by atoms with van der Waals surface area (Å²) in [5, 5.41) is 18.1. The Morgan fingerprint density at radius 2 is 2.25 bits per heavy atom. The lowest BCUT2D eigenvalue weighted by atomic mass is 10.1. The molecular formula is C11H6N2O3. The molecule has 0 amide bonds. The topological polar surface area (TPSA) is 93.9 Å². The largest absolute Gasteiger partial charge is 0.478 e. The van der Waals surface area contributed by atoms with E-state index in [1.165, 1.54) is 18.2 Å². The second-order valence-electron chi connectivity index (χ2n) is 3.21. The van der Waals surface area contributed by atoms with Gasteiger partial charge in [-0.3, -0.25) is 4.79 Å². The maximum Gasteiger partial charge on any atom is 0.338 e. The fourth-order valence-corrected chi connectivity index (χ4v) is 1.61. The Bertz CT molecular complexity index is 634. The summed E-state index contributed by atoms with van der Waals surface area (Å²) in [6.07, 6.45) is 0.454. The molecule has 5 heteroatoms. The Balaban J connectivity index is 2.84. The van der Waals surface area contributed by atoms with E-state index in [-0.39, 0.29) is 11.3 Å². The third kappa shape index (κ3) is 1.33. The molecule has 78 valence electrons.